The highest BCUT2D eigenvalue weighted by Crippen LogP contribution is 2.23. The highest BCUT2D eigenvalue weighted by Gasteiger charge is 2.08. The molecule has 0 atom stereocenters. The van der Waals surface area contributed by atoms with Crippen molar-refractivity contribution in [2.24, 2.45) is 0 Å². The molecule has 1 aromatic carbocycles. The molecule has 0 N–H and O–H groups in total. The fourth-order valence-corrected chi connectivity index (χ4v) is 3.00. The molecule has 0 spiro atoms. The number of aryl methyl sites for hydroxylation is 2. The van der Waals surface area contributed by atoms with E-state index in [0.29, 0.717) is 12.5 Å². The van der Waals surface area contributed by atoms with Gasteiger partial charge in [0.05, 0.1) is 17.1 Å². The van der Waals surface area contributed by atoms with Crippen molar-refractivity contribution in [3.8, 4) is 5.75 Å². The Kier molecular flexibility index (Phi) is 6.16. The van der Waals surface area contributed by atoms with Crippen LogP contribution in [0.4, 0.5) is 0 Å². The van der Waals surface area contributed by atoms with Crippen molar-refractivity contribution in [3.63, 3.8) is 0 Å². The molecule has 23 heavy (non-hydrogen) atoms. The molecule has 1 aromatic heterocycles. The Hall–Kier alpha value is -1.88. The summed E-state index contributed by atoms with van der Waals surface area (Å²) in [4.78, 5) is 15.9. The van der Waals surface area contributed by atoms with Gasteiger partial charge in [-0.3, -0.25) is 4.79 Å². The summed E-state index contributed by atoms with van der Waals surface area (Å²) in [7, 11) is 0. The molecule has 2 aromatic rings. The van der Waals surface area contributed by atoms with Crippen LogP contribution in [0.15, 0.2) is 23.6 Å². The Morgan fingerprint density at radius 1 is 1.26 bits per heavy atom. The van der Waals surface area contributed by atoms with E-state index in [1.54, 1.807) is 0 Å². The number of hydrogen-bond donors (Lipinski definition) is 0. The van der Waals surface area contributed by atoms with Gasteiger partial charge in [0.15, 0.2) is 0 Å². The maximum atomic E-state index is 11.7. The number of hydrogen-bond acceptors (Lipinski definition) is 5. The van der Waals surface area contributed by atoms with Crippen molar-refractivity contribution in [1.82, 2.24) is 4.98 Å². The van der Waals surface area contributed by atoms with E-state index in [4.69, 9.17) is 9.47 Å². The molecular formula is C18H23NO3S. The standard InChI is InChI=1S/C18H23NO3S/c1-12(2)17-6-5-16(9-13(17)3)21-7-8-22-18(20)10-15-11-23-14(4)19-15/h5-6,9,11-12H,7-8,10H2,1-4H3. The average Bonchev–Trinajstić information content (AvgIpc) is 2.88. The molecule has 0 saturated carbocycles. The lowest BCUT2D eigenvalue weighted by molar-refractivity contribution is -0.143. The summed E-state index contributed by atoms with van der Waals surface area (Å²) in [6.45, 7) is 8.94. The van der Waals surface area contributed by atoms with Gasteiger partial charge in [0.1, 0.15) is 19.0 Å². The van der Waals surface area contributed by atoms with Crippen LogP contribution in [-0.2, 0) is 16.0 Å². The van der Waals surface area contributed by atoms with Crippen molar-refractivity contribution < 1.29 is 14.3 Å². The number of carbonyl (C=O) groups is 1. The molecule has 5 heteroatoms. The maximum Gasteiger partial charge on any atom is 0.312 e. The molecule has 2 rings (SSSR count). The molecule has 0 unspecified atom stereocenters. The number of ether oxygens (including phenoxy) is 2. The van der Waals surface area contributed by atoms with Gasteiger partial charge < -0.3 is 9.47 Å². The third-order valence-electron chi connectivity index (χ3n) is 3.47. The molecule has 4 nitrogen and oxygen atoms in total. The van der Waals surface area contributed by atoms with Crippen molar-refractivity contribution in [2.75, 3.05) is 13.2 Å². The van der Waals surface area contributed by atoms with E-state index in [1.165, 1.54) is 22.5 Å². The number of rotatable bonds is 7. The molecule has 0 radical (unpaired) electrons. The second kappa shape index (κ2) is 8.11. The quantitative estimate of drug-likeness (QED) is 0.566. The van der Waals surface area contributed by atoms with Crippen molar-refractivity contribution in [1.29, 1.82) is 0 Å². The molecule has 1 heterocycles. The van der Waals surface area contributed by atoms with Crippen LogP contribution in [-0.4, -0.2) is 24.2 Å². The minimum Gasteiger partial charge on any atom is -0.490 e. The first-order chi connectivity index (χ1) is 11.0. The summed E-state index contributed by atoms with van der Waals surface area (Å²) in [5.41, 5.74) is 3.30. The van der Waals surface area contributed by atoms with Crippen LogP contribution in [0.2, 0.25) is 0 Å². The molecule has 0 aliphatic heterocycles. The summed E-state index contributed by atoms with van der Waals surface area (Å²) in [6.07, 6.45) is 0.215. The Morgan fingerprint density at radius 3 is 2.65 bits per heavy atom. The summed E-state index contributed by atoms with van der Waals surface area (Å²) in [5, 5.41) is 2.84. The Labute approximate surface area is 141 Å². The first kappa shape index (κ1) is 17.5. The van der Waals surface area contributed by atoms with Gasteiger partial charge in [0.2, 0.25) is 0 Å². The molecular weight excluding hydrogens is 310 g/mol. The third-order valence-corrected chi connectivity index (χ3v) is 4.29. The highest BCUT2D eigenvalue weighted by atomic mass is 32.1. The van der Waals surface area contributed by atoms with E-state index in [2.05, 4.69) is 31.8 Å². The zero-order valence-corrected chi connectivity index (χ0v) is 14.9. The van der Waals surface area contributed by atoms with Gasteiger partial charge in [-0.15, -0.1) is 11.3 Å². The normalized spacial score (nSPS) is 10.8. The Morgan fingerprint density at radius 2 is 2.04 bits per heavy atom. The largest absolute Gasteiger partial charge is 0.490 e. The predicted molar refractivity (Wildman–Crippen MR) is 92.3 cm³/mol. The lowest BCUT2D eigenvalue weighted by Crippen LogP contribution is -2.14. The van der Waals surface area contributed by atoms with E-state index in [0.717, 1.165) is 16.5 Å². The van der Waals surface area contributed by atoms with E-state index >= 15 is 0 Å². The van der Waals surface area contributed by atoms with Crippen LogP contribution >= 0.6 is 11.3 Å². The monoisotopic (exact) mass is 333 g/mol. The van der Waals surface area contributed by atoms with Gasteiger partial charge in [-0.2, -0.15) is 0 Å². The summed E-state index contributed by atoms with van der Waals surface area (Å²) in [5.74, 6) is 1.03. The molecule has 0 aliphatic carbocycles. The number of nitrogens with zero attached hydrogens (tertiary/aromatic N) is 1. The van der Waals surface area contributed by atoms with Crippen molar-refractivity contribution >= 4 is 17.3 Å². The molecule has 124 valence electrons. The number of benzene rings is 1. The minimum absolute atomic E-state index is 0.215. The summed E-state index contributed by atoms with van der Waals surface area (Å²) in [6, 6.07) is 6.07. The van der Waals surface area contributed by atoms with Crippen LogP contribution in [0.1, 0.15) is 41.6 Å². The zero-order valence-electron chi connectivity index (χ0n) is 14.1. The van der Waals surface area contributed by atoms with E-state index in [9.17, 15) is 4.79 Å². The number of thiazole rings is 1. The zero-order chi connectivity index (χ0) is 16.8. The molecule has 0 bridgehead atoms. The second-order valence-electron chi connectivity index (χ2n) is 5.78. The molecule has 0 amide bonds. The SMILES string of the molecule is Cc1nc(CC(=O)OCCOc2ccc(C(C)C)c(C)c2)cs1. The predicted octanol–water partition coefficient (Wildman–Crippen LogP) is 4.05. The van der Waals surface area contributed by atoms with Gasteiger partial charge in [0, 0.05) is 5.38 Å². The van der Waals surface area contributed by atoms with Gasteiger partial charge in [0.25, 0.3) is 0 Å². The van der Waals surface area contributed by atoms with E-state index in [-0.39, 0.29) is 19.0 Å². The summed E-state index contributed by atoms with van der Waals surface area (Å²) >= 11 is 1.53. The number of aromatic nitrogens is 1. The topological polar surface area (TPSA) is 48.4 Å². The molecule has 0 fully saturated rings. The fraction of sp³-hybridized carbons (Fsp3) is 0.444. The van der Waals surface area contributed by atoms with E-state index in [1.807, 2.05) is 24.4 Å². The third kappa shape index (κ3) is 5.36. The lowest BCUT2D eigenvalue weighted by atomic mass is 9.98. The average molecular weight is 333 g/mol. The van der Waals surface area contributed by atoms with Gasteiger partial charge in [-0.25, -0.2) is 4.98 Å². The van der Waals surface area contributed by atoms with Gasteiger partial charge >= 0.3 is 5.97 Å². The minimum atomic E-state index is -0.273. The molecule has 0 aliphatic rings. The fourth-order valence-electron chi connectivity index (χ4n) is 2.39. The van der Waals surface area contributed by atoms with Crippen LogP contribution in [0.3, 0.4) is 0 Å². The Balaban J connectivity index is 1.72. The van der Waals surface area contributed by atoms with Crippen LogP contribution in [0, 0.1) is 13.8 Å². The van der Waals surface area contributed by atoms with Crippen LogP contribution in [0.25, 0.3) is 0 Å². The van der Waals surface area contributed by atoms with E-state index < -0.39 is 0 Å². The smallest absolute Gasteiger partial charge is 0.312 e. The van der Waals surface area contributed by atoms with Crippen molar-refractivity contribution in [3.05, 3.63) is 45.4 Å². The first-order valence-corrected chi connectivity index (χ1v) is 8.63. The van der Waals surface area contributed by atoms with Crippen LogP contribution < -0.4 is 4.74 Å². The maximum absolute atomic E-state index is 11.7. The Bertz CT molecular complexity index is 664. The molecule has 0 saturated heterocycles. The van der Waals surface area contributed by atoms with Gasteiger partial charge in [-0.05, 0) is 43.0 Å². The second-order valence-corrected chi connectivity index (χ2v) is 6.84. The number of carbonyl (C=O) groups excluding carboxylic acids is 1. The first-order valence-electron chi connectivity index (χ1n) is 7.75. The lowest BCUT2D eigenvalue weighted by Gasteiger charge is -2.12. The highest BCUT2D eigenvalue weighted by molar-refractivity contribution is 7.09. The van der Waals surface area contributed by atoms with Crippen LogP contribution in [0.5, 0.6) is 5.75 Å². The number of esters is 1. The summed E-state index contributed by atoms with van der Waals surface area (Å²) < 4.78 is 10.8. The van der Waals surface area contributed by atoms with Crippen molar-refractivity contribution in [2.45, 2.75) is 40.0 Å². The van der Waals surface area contributed by atoms with Gasteiger partial charge in [-0.1, -0.05) is 19.9 Å².